The molecule has 0 saturated carbocycles. The second kappa shape index (κ2) is 6.29. The minimum absolute atomic E-state index is 0.0238. The Morgan fingerprint density at radius 3 is 3.00 bits per heavy atom. The van der Waals surface area contributed by atoms with Gasteiger partial charge in [-0.15, -0.1) is 0 Å². The van der Waals surface area contributed by atoms with Gasteiger partial charge in [-0.2, -0.15) is 4.73 Å². The van der Waals surface area contributed by atoms with Crippen LogP contribution in [0.5, 0.6) is 5.75 Å². The maximum Gasteiger partial charge on any atom is 0.262 e. The first-order chi connectivity index (χ1) is 11.0. The maximum absolute atomic E-state index is 12.5. The van der Waals surface area contributed by atoms with Gasteiger partial charge in [0, 0.05) is 17.7 Å². The summed E-state index contributed by atoms with van der Waals surface area (Å²) in [7, 11) is 0. The molecule has 118 valence electrons. The van der Waals surface area contributed by atoms with E-state index < -0.39 is 5.25 Å². The van der Waals surface area contributed by atoms with Gasteiger partial charge in [0.05, 0.1) is 10.9 Å². The summed E-state index contributed by atoms with van der Waals surface area (Å²) in [5, 5.41) is 14.4. The Bertz CT molecular complexity index is 778. The van der Waals surface area contributed by atoms with E-state index in [1.807, 2.05) is 0 Å². The van der Waals surface area contributed by atoms with Crippen LogP contribution in [0.3, 0.4) is 0 Å². The number of ketones is 1. The molecule has 1 aromatic heterocycles. The minimum Gasteiger partial charge on any atom is -0.618 e. The molecule has 2 heterocycles. The topological polar surface area (TPSA) is 82.3 Å². The number of nitrogens with zero attached hydrogens (tertiary/aromatic N) is 1. The second-order valence-electron chi connectivity index (χ2n) is 5.04. The molecule has 0 radical (unpaired) electrons. The Kier molecular flexibility index (Phi) is 4.20. The van der Waals surface area contributed by atoms with Crippen LogP contribution in [0.1, 0.15) is 17.3 Å². The Labute approximate surface area is 137 Å². The van der Waals surface area contributed by atoms with Crippen LogP contribution in [0, 0.1) is 5.21 Å². The molecule has 1 N–H and O–H groups in total. The number of hydrogen-bond donors (Lipinski definition) is 1. The van der Waals surface area contributed by atoms with E-state index in [1.54, 1.807) is 43.3 Å². The average Bonchev–Trinajstić information content (AvgIpc) is 2.55. The monoisotopic (exact) mass is 330 g/mol. The Hall–Kier alpha value is -2.54. The van der Waals surface area contributed by atoms with Gasteiger partial charge in [-0.3, -0.25) is 9.59 Å². The molecule has 2 aromatic rings. The average molecular weight is 330 g/mol. The van der Waals surface area contributed by atoms with E-state index in [0.29, 0.717) is 22.0 Å². The smallest absolute Gasteiger partial charge is 0.262 e. The minimum atomic E-state index is -0.434. The van der Waals surface area contributed by atoms with Crippen LogP contribution in [0.25, 0.3) is 0 Å². The highest BCUT2D eigenvalue weighted by molar-refractivity contribution is 8.00. The molecule has 0 fully saturated rings. The number of pyridine rings is 1. The van der Waals surface area contributed by atoms with Gasteiger partial charge in [-0.25, -0.2) is 0 Å². The van der Waals surface area contributed by atoms with Crippen molar-refractivity contribution in [1.82, 2.24) is 0 Å². The number of anilines is 1. The van der Waals surface area contributed by atoms with E-state index in [4.69, 9.17) is 4.74 Å². The van der Waals surface area contributed by atoms with Crippen LogP contribution in [0.4, 0.5) is 5.69 Å². The molecule has 0 bridgehead atoms. The number of Topliss-reactive ketones (excluding diaryl/α,β-unsaturated/α-hetero) is 1. The van der Waals surface area contributed by atoms with Gasteiger partial charge >= 0.3 is 0 Å². The van der Waals surface area contributed by atoms with Crippen LogP contribution >= 0.6 is 11.8 Å². The van der Waals surface area contributed by atoms with Crippen molar-refractivity contribution in [3.63, 3.8) is 0 Å². The zero-order chi connectivity index (χ0) is 16.4. The zero-order valence-electron chi connectivity index (χ0n) is 12.3. The third-order valence-electron chi connectivity index (χ3n) is 3.35. The van der Waals surface area contributed by atoms with Gasteiger partial charge in [-0.05, 0) is 43.0 Å². The highest BCUT2D eigenvalue weighted by Gasteiger charge is 2.23. The number of nitrogens with one attached hydrogen (secondary N) is 1. The number of thioether (sulfide) groups is 1. The van der Waals surface area contributed by atoms with E-state index in [9.17, 15) is 14.8 Å². The Morgan fingerprint density at radius 2 is 2.22 bits per heavy atom. The number of amides is 1. The van der Waals surface area contributed by atoms with Crippen molar-refractivity contribution in [3.05, 3.63) is 53.4 Å². The number of rotatable bonds is 4. The molecular weight excluding hydrogens is 316 g/mol. The molecule has 0 aliphatic carbocycles. The molecule has 1 aromatic carbocycles. The largest absolute Gasteiger partial charge is 0.618 e. The summed E-state index contributed by atoms with van der Waals surface area (Å²) < 4.78 is 6.00. The first-order valence-corrected chi connectivity index (χ1v) is 7.88. The van der Waals surface area contributed by atoms with Gasteiger partial charge in [0.1, 0.15) is 5.75 Å². The number of benzene rings is 1. The van der Waals surface area contributed by atoms with Crippen molar-refractivity contribution in [2.75, 3.05) is 11.9 Å². The lowest BCUT2D eigenvalue weighted by Crippen LogP contribution is -2.29. The fourth-order valence-electron chi connectivity index (χ4n) is 2.21. The second-order valence-corrected chi connectivity index (χ2v) is 6.40. The fourth-order valence-corrected chi connectivity index (χ4v) is 3.14. The summed E-state index contributed by atoms with van der Waals surface area (Å²) in [4.78, 5) is 23.9. The highest BCUT2D eigenvalue weighted by atomic mass is 32.2. The predicted molar refractivity (Wildman–Crippen MR) is 85.6 cm³/mol. The molecule has 1 unspecified atom stereocenters. The molecule has 0 spiro atoms. The molecular formula is C16H14N2O4S. The van der Waals surface area contributed by atoms with Crippen LogP contribution in [0.15, 0.2) is 47.6 Å². The number of aromatic nitrogens is 1. The van der Waals surface area contributed by atoms with Gasteiger partial charge in [-0.1, -0.05) is 0 Å². The number of hydrogen-bond acceptors (Lipinski definition) is 5. The quantitative estimate of drug-likeness (QED) is 0.401. The van der Waals surface area contributed by atoms with Crippen LogP contribution in [-0.2, 0) is 4.79 Å². The lowest BCUT2D eigenvalue weighted by molar-refractivity contribution is -0.645. The van der Waals surface area contributed by atoms with E-state index in [0.717, 1.165) is 4.73 Å². The zero-order valence-corrected chi connectivity index (χ0v) is 13.1. The fraction of sp³-hybridized carbons (Fsp3) is 0.188. The van der Waals surface area contributed by atoms with Gasteiger partial charge in [0.15, 0.2) is 18.6 Å². The van der Waals surface area contributed by atoms with E-state index in [-0.39, 0.29) is 18.3 Å². The van der Waals surface area contributed by atoms with Crippen LogP contribution in [-0.4, -0.2) is 23.5 Å². The SMILES string of the molecule is CC(Sc1cccc[n+]1[O-])C(=O)c1ccc2c(c1)NC(=O)CO2. The molecule has 1 aliphatic rings. The number of carbonyl (C=O) groups excluding carboxylic acids is 2. The third-order valence-corrected chi connectivity index (χ3v) is 4.48. The molecule has 1 amide bonds. The van der Waals surface area contributed by atoms with E-state index >= 15 is 0 Å². The van der Waals surface area contributed by atoms with Crippen molar-refractivity contribution >= 4 is 29.1 Å². The Morgan fingerprint density at radius 1 is 1.39 bits per heavy atom. The van der Waals surface area contributed by atoms with Gasteiger partial charge in [0.25, 0.3) is 10.9 Å². The summed E-state index contributed by atoms with van der Waals surface area (Å²) in [6.45, 7) is 1.72. The molecule has 3 rings (SSSR count). The number of carbonyl (C=O) groups is 2. The Balaban J connectivity index is 1.79. The van der Waals surface area contributed by atoms with Crippen molar-refractivity contribution in [2.24, 2.45) is 0 Å². The highest BCUT2D eigenvalue weighted by Crippen LogP contribution is 2.30. The summed E-state index contributed by atoms with van der Waals surface area (Å²) in [6, 6.07) is 9.97. The van der Waals surface area contributed by atoms with Crippen LogP contribution in [0.2, 0.25) is 0 Å². The maximum atomic E-state index is 12.5. The lowest BCUT2D eigenvalue weighted by Gasteiger charge is -2.18. The summed E-state index contributed by atoms with van der Waals surface area (Å²) in [5.41, 5.74) is 0.950. The normalized spacial score (nSPS) is 14.4. The number of fused-ring (bicyclic) bond motifs is 1. The van der Waals surface area contributed by atoms with Gasteiger partial charge in [0.2, 0.25) is 0 Å². The summed E-state index contributed by atoms with van der Waals surface area (Å²) in [6.07, 6.45) is 1.39. The van der Waals surface area contributed by atoms with Gasteiger partial charge < -0.3 is 15.3 Å². The third kappa shape index (κ3) is 3.29. The summed E-state index contributed by atoms with van der Waals surface area (Å²) >= 11 is 1.19. The molecule has 7 heteroatoms. The van der Waals surface area contributed by atoms with E-state index in [2.05, 4.69) is 5.32 Å². The first kappa shape index (κ1) is 15.4. The summed E-state index contributed by atoms with van der Waals surface area (Å²) in [5.74, 6) is 0.171. The van der Waals surface area contributed by atoms with Crippen molar-refractivity contribution in [3.8, 4) is 5.75 Å². The molecule has 23 heavy (non-hydrogen) atoms. The number of ether oxygens (including phenoxy) is 1. The van der Waals surface area contributed by atoms with Crippen molar-refractivity contribution in [2.45, 2.75) is 17.2 Å². The van der Waals surface area contributed by atoms with Crippen molar-refractivity contribution in [1.29, 1.82) is 0 Å². The van der Waals surface area contributed by atoms with E-state index in [1.165, 1.54) is 18.0 Å². The first-order valence-electron chi connectivity index (χ1n) is 7.00. The predicted octanol–water partition coefficient (Wildman–Crippen LogP) is 2.01. The molecule has 0 saturated heterocycles. The van der Waals surface area contributed by atoms with Crippen LogP contribution < -0.4 is 14.8 Å². The lowest BCUT2D eigenvalue weighted by atomic mass is 10.1. The molecule has 6 nitrogen and oxygen atoms in total. The standard InChI is InChI=1S/C16H14N2O4S/c1-10(23-15-4-2-3-7-18(15)21)16(20)11-5-6-13-12(8-11)17-14(19)9-22-13/h2-8,10H,9H2,1H3,(H,17,19). The molecule has 1 atom stereocenters. The molecule has 1 aliphatic heterocycles. The van der Waals surface area contributed by atoms with Crippen molar-refractivity contribution < 1.29 is 19.1 Å².